The first-order valence-corrected chi connectivity index (χ1v) is 9.80. The van der Waals surface area contributed by atoms with Gasteiger partial charge in [0, 0.05) is 13.1 Å². The second kappa shape index (κ2) is 8.06. The largest absolute Gasteiger partial charge is 0.395 e. The number of likely N-dealkylation sites (N-methyl/N-ethyl adjacent to an activating group) is 1. The number of imidazole rings is 1. The minimum Gasteiger partial charge on any atom is -0.395 e. The quantitative estimate of drug-likeness (QED) is 0.707. The fourth-order valence-corrected chi connectivity index (χ4v) is 3.25. The summed E-state index contributed by atoms with van der Waals surface area (Å²) in [5.74, 6) is 0.875. The van der Waals surface area contributed by atoms with E-state index < -0.39 is 10.0 Å². The molecule has 0 unspecified atom stereocenters. The molecule has 7 nitrogen and oxygen atoms in total. The van der Waals surface area contributed by atoms with Crippen LogP contribution in [0.3, 0.4) is 0 Å². The SMILES string of the molecule is CCCCn1c(CN(CC)CCO)nc2cc(S(N)(=O)=O)ccc21. The zero-order valence-electron chi connectivity index (χ0n) is 14.3. The smallest absolute Gasteiger partial charge is 0.238 e. The van der Waals surface area contributed by atoms with Crippen molar-refractivity contribution in [3.63, 3.8) is 0 Å². The van der Waals surface area contributed by atoms with Crippen molar-refractivity contribution in [3.05, 3.63) is 24.0 Å². The van der Waals surface area contributed by atoms with Crippen molar-refractivity contribution in [1.82, 2.24) is 14.5 Å². The Hall–Kier alpha value is -1.48. The van der Waals surface area contributed by atoms with E-state index in [-0.39, 0.29) is 11.5 Å². The monoisotopic (exact) mass is 354 g/mol. The number of unbranched alkanes of at least 4 members (excludes halogenated alkanes) is 1. The first-order chi connectivity index (χ1) is 11.4. The predicted molar refractivity (Wildman–Crippen MR) is 94.1 cm³/mol. The molecule has 0 spiro atoms. The van der Waals surface area contributed by atoms with Gasteiger partial charge in [-0.05, 0) is 31.2 Å². The first-order valence-electron chi connectivity index (χ1n) is 8.25. The summed E-state index contributed by atoms with van der Waals surface area (Å²) in [4.78, 5) is 6.80. The summed E-state index contributed by atoms with van der Waals surface area (Å²) < 4.78 is 25.2. The number of aliphatic hydroxyl groups is 1. The minimum atomic E-state index is -3.74. The molecule has 2 rings (SSSR count). The van der Waals surface area contributed by atoms with Crippen LogP contribution in [0.25, 0.3) is 11.0 Å². The third kappa shape index (κ3) is 4.32. The lowest BCUT2D eigenvalue weighted by Crippen LogP contribution is -2.27. The summed E-state index contributed by atoms with van der Waals surface area (Å²) in [5, 5.41) is 14.4. The molecule has 8 heteroatoms. The molecule has 3 N–H and O–H groups in total. The van der Waals surface area contributed by atoms with Crippen LogP contribution in [0, 0.1) is 0 Å². The molecule has 0 radical (unpaired) electrons. The highest BCUT2D eigenvalue weighted by molar-refractivity contribution is 7.89. The van der Waals surface area contributed by atoms with Crippen molar-refractivity contribution in [2.75, 3.05) is 19.7 Å². The maximum atomic E-state index is 11.6. The van der Waals surface area contributed by atoms with Gasteiger partial charge in [-0.3, -0.25) is 4.90 Å². The highest BCUT2D eigenvalue weighted by Gasteiger charge is 2.16. The van der Waals surface area contributed by atoms with Crippen molar-refractivity contribution in [3.8, 4) is 0 Å². The Morgan fingerprint density at radius 3 is 2.67 bits per heavy atom. The molecule has 0 saturated carbocycles. The number of fused-ring (bicyclic) bond motifs is 1. The molecule has 0 amide bonds. The topological polar surface area (TPSA) is 101 Å². The zero-order chi connectivity index (χ0) is 17.7. The molecule has 134 valence electrons. The lowest BCUT2D eigenvalue weighted by atomic mass is 10.3. The van der Waals surface area contributed by atoms with Gasteiger partial charge in [0.05, 0.1) is 29.1 Å². The zero-order valence-corrected chi connectivity index (χ0v) is 15.1. The van der Waals surface area contributed by atoms with E-state index >= 15 is 0 Å². The van der Waals surface area contributed by atoms with E-state index in [0.717, 1.165) is 37.3 Å². The molecule has 0 aliphatic rings. The van der Waals surface area contributed by atoms with Gasteiger partial charge >= 0.3 is 0 Å². The number of aromatic nitrogens is 2. The molecular weight excluding hydrogens is 328 g/mol. The van der Waals surface area contributed by atoms with Crippen LogP contribution >= 0.6 is 0 Å². The van der Waals surface area contributed by atoms with E-state index in [4.69, 9.17) is 5.14 Å². The molecule has 24 heavy (non-hydrogen) atoms. The Morgan fingerprint density at radius 1 is 1.33 bits per heavy atom. The Labute approximate surface area is 143 Å². The van der Waals surface area contributed by atoms with Gasteiger partial charge in [0.1, 0.15) is 5.82 Å². The second-order valence-corrected chi connectivity index (χ2v) is 7.38. The molecule has 1 aromatic carbocycles. The van der Waals surface area contributed by atoms with Gasteiger partial charge in [-0.15, -0.1) is 0 Å². The van der Waals surface area contributed by atoms with Gasteiger partial charge in [0.2, 0.25) is 10.0 Å². The first kappa shape index (κ1) is 18.9. The van der Waals surface area contributed by atoms with Crippen LogP contribution in [0.5, 0.6) is 0 Å². The third-order valence-corrected chi connectivity index (χ3v) is 5.00. The van der Waals surface area contributed by atoms with Crippen LogP contribution in [0.1, 0.15) is 32.5 Å². The normalized spacial score (nSPS) is 12.4. The summed E-state index contributed by atoms with van der Waals surface area (Å²) in [6, 6.07) is 4.82. The van der Waals surface area contributed by atoms with Crippen LogP contribution in [0.4, 0.5) is 0 Å². The predicted octanol–water partition coefficient (Wildman–Crippen LogP) is 1.30. The van der Waals surface area contributed by atoms with Crippen molar-refractivity contribution in [2.45, 2.75) is 44.7 Å². The number of sulfonamides is 1. The fourth-order valence-electron chi connectivity index (χ4n) is 2.71. The van der Waals surface area contributed by atoms with Gasteiger partial charge in [0.15, 0.2) is 0 Å². The Bertz CT molecular complexity index is 786. The maximum Gasteiger partial charge on any atom is 0.238 e. The van der Waals surface area contributed by atoms with Crippen LogP contribution in [-0.4, -0.2) is 47.7 Å². The van der Waals surface area contributed by atoms with Crippen LogP contribution in [-0.2, 0) is 23.1 Å². The van der Waals surface area contributed by atoms with Gasteiger partial charge < -0.3 is 9.67 Å². The number of hydrogen-bond donors (Lipinski definition) is 2. The van der Waals surface area contributed by atoms with Gasteiger partial charge in [-0.2, -0.15) is 0 Å². The molecular formula is C16H26N4O3S. The lowest BCUT2D eigenvalue weighted by molar-refractivity contribution is 0.192. The highest BCUT2D eigenvalue weighted by atomic mass is 32.2. The minimum absolute atomic E-state index is 0.0735. The molecule has 0 aliphatic carbocycles. The van der Waals surface area contributed by atoms with E-state index in [1.165, 1.54) is 12.1 Å². The Kier molecular flexibility index (Phi) is 6.34. The highest BCUT2D eigenvalue weighted by Crippen LogP contribution is 2.21. The molecule has 0 bridgehead atoms. The second-order valence-electron chi connectivity index (χ2n) is 5.82. The van der Waals surface area contributed by atoms with Gasteiger partial charge in [0.25, 0.3) is 0 Å². The lowest BCUT2D eigenvalue weighted by Gasteiger charge is -2.19. The number of hydrogen-bond acceptors (Lipinski definition) is 5. The summed E-state index contributed by atoms with van der Waals surface area (Å²) in [6.07, 6.45) is 2.07. The van der Waals surface area contributed by atoms with Gasteiger partial charge in [-0.1, -0.05) is 20.3 Å². The standard InChI is InChI=1S/C16H26N4O3S/c1-3-5-8-20-15-7-6-13(24(17,22)23)11-14(15)18-16(20)12-19(4-2)9-10-21/h6-7,11,21H,3-5,8-10,12H2,1-2H3,(H2,17,22,23). The summed E-state index contributed by atoms with van der Waals surface area (Å²) >= 11 is 0. The molecule has 0 fully saturated rings. The molecule has 0 saturated heterocycles. The van der Waals surface area contributed by atoms with E-state index in [9.17, 15) is 13.5 Å². The number of primary sulfonamides is 1. The van der Waals surface area contributed by atoms with Crippen LogP contribution in [0.2, 0.25) is 0 Å². The number of nitrogens with two attached hydrogens (primary N) is 1. The fraction of sp³-hybridized carbons (Fsp3) is 0.562. The van der Waals surface area contributed by atoms with Crippen LogP contribution in [0.15, 0.2) is 23.1 Å². The van der Waals surface area contributed by atoms with Crippen molar-refractivity contribution >= 4 is 21.1 Å². The van der Waals surface area contributed by atoms with Crippen LogP contribution < -0.4 is 5.14 Å². The van der Waals surface area contributed by atoms with E-state index in [2.05, 4.69) is 21.4 Å². The molecule has 1 heterocycles. The Morgan fingerprint density at radius 2 is 2.08 bits per heavy atom. The van der Waals surface area contributed by atoms with E-state index in [1.54, 1.807) is 6.07 Å². The number of rotatable bonds is 9. The number of aliphatic hydroxyl groups excluding tert-OH is 1. The number of nitrogens with zero attached hydrogens (tertiary/aromatic N) is 3. The molecule has 0 atom stereocenters. The van der Waals surface area contributed by atoms with E-state index in [0.29, 0.717) is 18.6 Å². The molecule has 1 aromatic heterocycles. The maximum absolute atomic E-state index is 11.6. The molecule has 2 aromatic rings. The summed E-state index contributed by atoms with van der Waals surface area (Å²) in [5.41, 5.74) is 1.54. The van der Waals surface area contributed by atoms with Crippen molar-refractivity contribution in [2.24, 2.45) is 5.14 Å². The summed E-state index contributed by atoms with van der Waals surface area (Å²) in [7, 11) is -3.74. The van der Waals surface area contributed by atoms with Crippen molar-refractivity contribution in [1.29, 1.82) is 0 Å². The van der Waals surface area contributed by atoms with Crippen molar-refractivity contribution < 1.29 is 13.5 Å². The summed E-state index contributed by atoms with van der Waals surface area (Å²) in [6.45, 7) is 7.08. The van der Waals surface area contributed by atoms with Gasteiger partial charge in [-0.25, -0.2) is 18.5 Å². The Balaban J connectivity index is 2.47. The third-order valence-electron chi connectivity index (χ3n) is 4.09. The average Bonchev–Trinajstić information content (AvgIpc) is 2.88. The number of aryl methyl sites for hydroxylation is 1. The van der Waals surface area contributed by atoms with E-state index in [1.807, 2.05) is 6.92 Å². The molecule has 0 aliphatic heterocycles. The average molecular weight is 354 g/mol. The number of benzene rings is 1.